The third kappa shape index (κ3) is 1.45. The number of aromatic nitrogens is 1. The minimum atomic E-state index is 0.0387. The van der Waals surface area contributed by atoms with Crippen LogP contribution in [-0.4, -0.2) is 4.98 Å². The molecule has 3 heteroatoms. The summed E-state index contributed by atoms with van der Waals surface area (Å²) in [6.07, 6.45) is 0. The lowest BCUT2D eigenvalue weighted by Crippen LogP contribution is -2.03. The van der Waals surface area contributed by atoms with Crippen molar-refractivity contribution in [3.05, 3.63) is 28.8 Å². The average molecular weight is 192 g/mol. The van der Waals surface area contributed by atoms with Crippen LogP contribution in [0.4, 0.5) is 0 Å². The lowest BCUT2D eigenvalue weighted by molar-refractivity contribution is 0.810. The molecule has 1 atom stereocenters. The summed E-state index contributed by atoms with van der Waals surface area (Å²) in [6.45, 7) is 4.04. The van der Waals surface area contributed by atoms with E-state index < -0.39 is 0 Å². The Morgan fingerprint density at radius 2 is 2.23 bits per heavy atom. The Labute approximate surface area is 81.4 Å². The number of thiazole rings is 1. The van der Waals surface area contributed by atoms with Crippen LogP contribution >= 0.6 is 11.3 Å². The number of benzene rings is 1. The van der Waals surface area contributed by atoms with Gasteiger partial charge in [0, 0.05) is 0 Å². The van der Waals surface area contributed by atoms with Gasteiger partial charge < -0.3 is 5.73 Å². The molecule has 1 aromatic heterocycles. The van der Waals surface area contributed by atoms with E-state index in [1.54, 1.807) is 11.3 Å². The number of aryl methyl sites for hydroxylation is 1. The molecular formula is C10H12N2S. The first-order valence-electron chi connectivity index (χ1n) is 4.30. The van der Waals surface area contributed by atoms with E-state index in [9.17, 15) is 0 Å². The number of rotatable bonds is 1. The maximum absolute atomic E-state index is 5.78. The topological polar surface area (TPSA) is 38.9 Å². The minimum absolute atomic E-state index is 0.0387. The largest absolute Gasteiger partial charge is 0.322 e. The Hall–Kier alpha value is -0.930. The first-order chi connectivity index (χ1) is 6.18. The van der Waals surface area contributed by atoms with Gasteiger partial charge in [0.25, 0.3) is 0 Å². The van der Waals surface area contributed by atoms with Crippen molar-refractivity contribution < 1.29 is 0 Å². The van der Waals surface area contributed by atoms with Crippen molar-refractivity contribution in [1.29, 1.82) is 0 Å². The lowest BCUT2D eigenvalue weighted by Gasteiger charge is -1.95. The van der Waals surface area contributed by atoms with Gasteiger partial charge in [-0.2, -0.15) is 0 Å². The SMILES string of the molecule is Cc1cccc2sc([C@@H](C)N)nc12. The third-order valence-electron chi connectivity index (χ3n) is 2.03. The fourth-order valence-corrected chi connectivity index (χ4v) is 2.30. The molecule has 1 aromatic carbocycles. The van der Waals surface area contributed by atoms with Crippen LogP contribution < -0.4 is 5.73 Å². The number of para-hydroxylation sites is 1. The smallest absolute Gasteiger partial charge is 0.110 e. The fourth-order valence-electron chi connectivity index (χ4n) is 1.30. The number of nitrogens with zero attached hydrogens (tertiary/aromatic N) is 1. The molecule has 0 aliphatic heterocycles. The molecule has 0 aliphatic carbocycles. The van der Waals surface area contributed by atoms with Gasteiger partial charge in [-0.15, -0.1) is 11.3 Å². The summed E-state index contributed by atoms with van der Waals surface area (Å²) in [5, 5.41) is 1.02. The van der Waals surface area contributed by atoms with E-state index in [0.29, 0.717) is 0 Å². The molecule has 0 fully saturated rings. The van der Waals surface area contributed by atoms with E-state index in [0.717, 1.165) is 10.5 Å². The number of nitrogens with two attached hydrogens (primary N) is 1. The van der Waals surface area contributed by atoms with Crippen LogP contribution in [0, 0.1) is 6.92 Å². The molecule has 0 bridgehead atoms. The summed E-state index contributed by atoms with van der Waals surface area (Å²) < 4.78 is 1.23. The molecule has 68 valence electrons. The van der Waals surface area contributed by atoms with E-state index >= 15 is 0 Å². The molecule has 13 heavy (non-hydrogen) atoms. The molecule has 0 saturated heterocycles. The van der Waals surface area contributed by atoms with Crippen LogP contribution in [-0.2, 0) is 0 Å². The van der Waals surface area contributed by atoms with Crippen LogP contribution in [0.1, 0.15) is 23.5 Å². The highest BCUT2D eigenvalue weighted by Gasteiger charge is 2.08. The third-order valence-corrected chi connectivity index (χ3v) is 3.25. The van der Waals surface area contributed by atoms with Crippen molar-refractivity contribution in [3.8, 4) is 0 Å². The first kappa shape index (κ1) is 8.66. The van der Waals surface area contributed by atoms with Crippen LogP contribution in [0.25, 0.3) is 10.2 Å². The van der Waals surface area contributed by atoms with Crippen molar-refractivity contribution in [1.82, 2.24) is 4.98 Å². The van der Waals surface area contributed by atoms with Gasteiger partial charge in [0.15, 0.2) is 0 Å². The van der Waals surface area contributed by atoms with E-state index in [1.807, 2.05) is 6.92 Å². The molecule has 2 nitrogen and oxygen atoms in total. The van der Waals surface area contributed by atoms with Gasteiger partial charge in [-0.1, -0.05) is 12.1 Å². The van der Waals surface area contributed by atoms with Gasteiger partial charge >= 0.3 is 0 Å². The molecule has 0 amide bonds. The number of fused-ring (bicyclic) bond motifs is 1. The Balaban J connectivity index is 2.68. The van der Waals surface area contributed by atoms with Crippen LogP contribution in [0.15, 0.2) is 18.2 Å². The summed E-state index contributed by atoms with van der Waals surface area (Å²) in [5.41, 5.74) is 8.10. The maximum atomic E-state index is 5.78. The molecule has 1 heterocycles. The molecule has 2 N–H and O–H groups in total. The molecule has 0 saturated carbocycles. The zero-order valence-electron chi connectivity index (χ0n) is 7.74. The van der Waals surface area contributed by atoms with Gasteiger partial charge in [0.05, 0.1) is 16.3 Å². The summed E-state index contributed by atoms with van der Waals surface area (Å²) in [5.74, 6) is 0. The highest BCUT2D eigenvalue weighted by atomic mass is 32.1. The predicted molar refractivity (Wildman–Crippen MR) is 57.0 cm³/mol. The van der Waals surface area contributed by atoms with Crippen molar-refractivity contribution in [2.45, 2.75) is 19.9 Å². The van der Waals surface area contributed by atoms with Crippen molar-refractivity contribution in [3.63, 3.8) is 0 Å². The molecule has 0 unspecified atom stereocenters. The zero-order chi connectivity index (χ0) is 9.42. The normalized spacial score (nSPS) is 13.5. The lowest BCUT2D eigenvalue weighted by atomic mass is 10.2. The molecule has 0 aliphatic rings. The summed E-state index contributed by atoms with van der Waals surface area (Å²) >= 11 is 1.68. The van der Waals surface area contributed by atoms with Gasteiger partial charge in [-0.05, 0) is 25.5 Å². The van der Waals surface area contributed by atoms with Crippen molar-refractivity contribution in [2.75, 3.05) is 0 Å². The molecule has 0 radical (unpaired) electrons. The van der Waals surface area contributed by atoms with Crippen LogP contribution in [0.3, 0.4) is 0 Å². The first-order valence-corrected chi connectivity index (χ1v) is 5.12. The second-order valence-corrected chi connectivity index (χ2v) is 4.32. The predicted octanol–water partition coefficient (Wildman–Crippen LogP) is 2.62. The highest BCUT2D eigenvalue weighted by molar-refractivity contribution is 7.18. The van der Waals surface area contributed by atoms with Crippen LogP contribution in [0.2, 0.25) is 0 Å². The standard InChI is InChI=1S/C10H12N2S/c1-6-4-3-5-8-9(6)12-10(13-8)7(2)11/h3-5,7H,11H2,1-2H3/t7-/m1/s1. The zero-order valence-corrected chi connectivity index (χ0v) is 8.56. The second-order valence-electron chi connectivity index (χ2n) is 3.26. The Morgan fingerprint density at radius 1 is 1.46 bits per heavy atom. The molecule has 2 aromatic rings. The number of hydrogen-bond acceptors (Lipinski definition) is 3. The van der Waals surface area contributed by atoms with Crippen molar-refractivity contribution >= 4 is 21.6 Å². The Morgan fingerprint density at radius 3 is 2.85 bits per heavy atom. The van der Waals surface area contributed by atoms with E-state index in [4.69, 9.17) is 5.73 Å². The summed E-state index contributed by atoms with van der Waals surface area (Å²) in [4.78, 5) is 4.51. The van der Waals surface area contributed by atoms with E-state index in [1.165, 1.54) is 10.3 Å². The van der Waals surface area contributed by atoms with Gasteiger partial charge in [-0.25, -0.2) is 4.98 Å². The average Bonchev–Trinajstić information content (AvgIpc) is 2.49. The molecule has 0 spiro atoms. The minimum Gasteiger partial charge on any atom is -0.322 e. The monoisotopic (exact) mass is 192 g/mol. The Kier molecular flexibility index (Phi) is 2.06. The molecule has 2 rings (SSSR count). The van der Waals surface area contributed by atoms with Gasteiger partial charge in [0.2, 0.25) is 0 Å². The fraction of sp³-hybridized carbons (Fsp3) is 0.300. The van der Waals surface area contributed by atoms with Crippen LogP contribution in [0.5, 0.6) is 0 Å². The van der Waals surface area contributed by atoms with Crippen molar-refractivity contribution in [2.24, 2.45) is 5.73 Å². The maximum Gasteiger partial charge on any atom is 0.110 e. The summed E-state index contributed by atoms with van der Waals surface area (Å²) in [6, 6.07) is 6.26. The number of hydrogen-bond donors (Lipinski definition) is 1. The highest BCUT2D eigenvalue weighted by Crippen LogP contribution is 2.26. The molecular weight excluding hydrogens is 180 g/mol. The van der Waals surface area contributed by atoms with E-state index in [-0.39, 0.29) is 6.04 Å². The Bertz CT molecular complexity index is 431. The van der Waals surface area contributed by atoms with E-state index in [2.05, 4.69) is 30.1 Å². The van der Waals surface area contributed by atoms with Gasteiger partial charge in [-0.3, -0.25) is 0 Å². The van der Waals surface area contributed by atoms with Gasteiger partial charge in [0.1, 0.15) is 5.01 Å². The second kappa shape index (κ2) is 3.09. The quantitative estimate of drug-likeness (QED) is 0.754. The summed E-state index contributed by atoms with van der Waals surface area (Å²) in [7, 11) is 0.